The number of rotatable bonds is 2. The highest BCUT2D eigenvalue weighted by Gasteiger charge is 2.24. The van der Waals surface area contributed by atoms with E-state index in [2.05, 4.69) is 64.8 Å². The average molecular weight is 303 g/mol. The summed E-state index contributed by atoms with van der Waals surface area (Å²) in [5, 5.41) is 7.65. The third-order valence-electron chi connectivity index (χ3n) is 3.99. The van der Waals surface area contributed by atoms with Crippen molar-refractivity contribution in [2.75, 3.05) is 11.1 Å². The summed E-state index contributed by atoms with van der Waals surface area (Å²) in [5.41, 5.74) is 10.3. The van der Waals surface area contributed by atoms with Gasteiger partial charge in [0, 0.05) is 5.70 Å². The van der Waals surface area contributed by atoms with Crippen molar-refractivity contribution in [3.05, 3.63) is 77.4 Å². The third kappa shape index (κ3) is 2.46. The van der Waals surface area contributed by atoms with Crippen LogP contribution in [-0.2, 0) is 0 Å². The van der Waals surface area contributed by atoms with E-state index < -0.39 is 0 Å². The van der Waals surface area contributed by atoms with Gasteiger partial charge in [0.05, 0.1) is 0 Å². The minimum Gasteiger partial charge on any atom is -0.366 e. The van der Waals surface area contributed by atoms with Crippen molar-refractivity contribution in [3.8, 4) is 0 Å². The molecule has 1 aromatic heterocycles. The van der Waals surface area contributed by atoms with Crippen molar-refractivity contribution in [1.82, 2.24) is 14.8 Å². The van der Waals surface area contributed by atoms with Gasteiger partial charge >= 0.3 is 0 Å². The number of aromatic nitrogens is 3. The number of nitrogen functional groups attached to an aromatic ring is 1. The minimum atomic E-state index is -0.0353. The third-order valence-corrected chi connectivity index (χ3v) is 3.99. The van der Waals surface area contributed by atoms with Crippen LogP contribution in [0.3, 0.4) is 0 Å². The van der Waals surface area contributed by atoms with E-state index in [1.54, 1.807) is 0 Å². The quantitative estimate of drug-likeness (QED) is 0.762. The van der Waals surface area contributed by atoms with Gasteiger partial charge in [0.1, 0.15) is 6.04 Å². The van der Waals surface area contributed by atoms with E-state index >= 15 is 0 Å². The highest BCUT2D eigenvalue weighted by molar-refractivity contribution is 5.77. The van der Waals surface area contributed by atoms with Crippen molar-refractivity contribution in [1.29, 1.82) is 0 Å². The van der Waals surface area contributed by atoms with Crippen LogP contribution < -0.4 is 11.1 Å². The number of anilines is 2. The molecule has 0 bridgehead atoms. The zero-order valence-electron chi connectivity index (χ0n) is 12.8. The fourth-order valence-corrected chi connectivity index (χ4v) is 2.80. The maximum absolute atomic E-state index is 5.80. The van der Waals surface area contributed by atoms with Crippen LogP contribution in [0.15, 0.2) is 60.7 Å². The molecule has 0 unspecified atom stereocenters. The van der Waals surface area contributed by atoms with Crippen LogP contribution in [0.5, 0.6) is 0 Å². The summed E-state index contributed by atoms with van der Waals surface area (Å²) in [6, 6.07) is 18.6. The minimum absolute atomic E-state index is 0.0353. The second-order valence-electron chi connectivity index (χ2n) is 5.67. The summed E-state index contributed by atoms with van der Waals surface area (Å²) in [6.07, 6.45) is 2.15. The summed E-state index contributed by atoms with van der Waals surface area (Å²) in [4.78, 5) is 4.30. The summed E-state index contributed by atoms with van der Waals surface area (Å²) in [7, 11) is 0. The molecule has 1 aliphatic rings. The molecule has 2 aromatic carbocycles. The standard InChI is InChI=1S/C18H17N5/c1-12-7-9-14(10-8-12)16-11-15(13-5-3-2-4-6-13)20-18-21-17(19)22-23(16)18/h2-11,16H,1H3,(H3,19,20,21,22)/t16-/m0/s1. The fourth-order valence-electron chi connectivity index (χ4n) is 2.80. The zero-order chi connectivity index (χ0) is 15.8. The molecule has 0 saturated carbocycles. The van der Waals surface area contributed by atoms with E-state index in [0.717, 1.165) is 16.8 Å². The van der Waals surface area contributed by atoms with Crippen molar-refractivity contribution >= 4 is 17.6 Å². The van der Waals surface area contributed by atoms with Crippen molar-refractivity contribution in [2.45, 2.75) is 13.0 Å². The number of hydrogen-bond donors (Lipinski definition) is 2. The van der Waals surface area contributed by atoms with Gasteiger partial charge in [-0.25, -0.2) is 4.68 Å². The molecule has 23 heavy (non-hydrogen) atoms. The van der Waals surface area contributed by atoms with Crippen molar-refractivity contribution < 1.29 is 0 Å². The van der Waals surface area contributed by atoms with Gasteiger partial charge < -0.3 is 11.1 Å². The van der Waals surface area contributed by atoms with E-state index in [0.29, 0.717) is 5.95 Å². The number of nitrogens with two attached hydrogens (primary N) is 1. The molecule has 0 fully saturated rings. The number of allylic oxidation sites excluding steroid dienone is 1. The first-order valence-corrected chi connectivity index (χ1v) is 7.53. The zero-order valence-corrected chi connectivity index (χ0v) is 12.8. The molecule has 0 radical (unpaired) electrons. The van der Waals surface area contributed by atoms with Gasteiger partial charge in [-0.1, -0.05) is 60.2 Å². The van der Waals surface area contributed by atoms with E-state index in [1.165, 1.54) is 5.56 Å². The molecule has 2 heterocycles. The molecular formula is C18H17N5. The summed E-state index contributed by atoms with van der Waals surface area (Å²) < 4.78 is 1.83. The van der Waals surface area contributed by atoms with Crippen LogP contribution in [-0.4, -0.2) is 14.8 Å². The molecule has 3 N–H and O–H groups in total. The van der Waals surface area contributed by atoms with Crippen molar-refractivity contribution in [2.24, 2.45) is 0 Å². The topological polar surface area (TPSA) is 68.8 Å². The van der Waals surface area contributed by atoms with Gasteiger partial charge in [-0.2, -0.15) is 4.98 Å². The van der Waals surface area contributed by atoms with Gasteiger partial charge in [0.2, 0.25) is 11.9 Å². The molecule has 5 nitrogen and oxygen atoms in total. The number of fused-ring (bicyclic) bond motifs is 1. The van der Waals surface area contributed by atoms with E-state index in [-0.39, 0.29) is 12.0 Å². The van der Waals surface area contributed by atoms with Gasteiger partial charge in [0.25, 0.3) is 0 Å². The van der Waals surface area contributed by atoms with Crippen LogP contribution in [0.1, 0.15) is 22.7 Å². The second-order valence-corrected chi connectivity index (χ2v) is 5.67. The maximum Gasteiger partial charge on any atom is 0.241 e. The van der Waals surface area contributed by atoms with Crippen LogP contribution in [0.2, 0.25) is 0 Å². The molecule has 0 amide bonds. The summed E-state index contributed by atoms with van der Waals surface area (Å²) in [5.74, 6) is 0.932. The molecular weight excluding hydrogens is 286 g/mol. The van der Waals surface area contributed by atoms with E-state index in [9.17, 15) is 0 Å². The first kappa shape index (κ1) is 13.6. The number of hydrogen-bond acceptors (Lipinski definition) is 4. The first-order chi connectivity index (χ1) is 11.2. The Balaban J connectivity index is 1.83. The molecule has 0 spiro atoms. The molecule has 5 heteroatoms. The van der Waals surface area contributed by atoms with Gasteiger partial charge in [-0.3, -0.25) is 0 Å². The maximum atomic E-state index is 5.80. The molecule has 4 rings (SSSR count). The Bertz CT molecular complexity index is 862. The number of nitrogens with zero attached hydrogens (tertiary/aromatic N) is 3. The van der Waals surface area contributed by atoms with Crippen LogP contribution in [0.25, 0.3) is 5.70 Å². The number of nitrogens with one attached hydrogen (secondary N) is 1. The number of aryl methyl sites for hydroxylation is 1. The lowest BCUT2D eigenvalue weighted by molar-refractivity contribution is 0.614. The second kappa shape index (κ2) is 5.28. The number of benzene rings is 2. The van der Waals surface area contributed by atoms with Gasteiger partial charge in [-0.15, -0.1) is 5.10 Å². The predicted octanol–water partition coefficient (Wildman–Crippen LogP) is 3.22. The smallest absolute Gasteiger partial charge is 0.241 e. The molecule has 0 saturated heterocycles. The molecule has 1 aliphatic heterocycles. The van der Waals surface area contributed by atoms with E-state index in [4.69, 9.17) is 5.73 Å². The fraction of sp³-hybridized carbons (Fsp3) is 0.111. The predicted molar refractivity (Wildman–Crippen MR) is 91.8 cm³/mol. The molecule has 1 atom stereocenters. The highest BCUT2D eigenvalue weighted by atomic mass is 15.4. The Morgan fingerprint density at radius 2 is 1.78 bits per heavy atom. The van der Waals surface area contributed by atoms with Crippen LogP contribution >= 0.6 is 0 Å². The summed E-state index contributed by atoms with van der Waals surface area (Å²) in [6.45, 7) is 2.08. The Morgan fingerprint density at radius 3 is 2.52 bits per heavy atom. The van der Waals surface area contributed by atoms with Gasteiger partial charge in [0.15, 0.2) is 0 Å². The van der Waals surface area contributed by atoms with E-state index in [1.807, 2.05) is 22.9 Å². The SMILES string of the molecule is Cc1ccc([C@@H]2C=C(c3ccccc3)Nc3nc(N)nn32)cc1. The lowest BCUT2D eigenvalue weighted by atomic mass is 10.0. The average Bonchev–Trinajstić information content (AvgIpc) is 2.96. The molecule has 0 aliphatic carbocycles. The van der Waals surface area contributed by atoms with Gasteiger partial charge in [-0.05, 0) is 24.1 Å². The Hall–Kier alpha value is -3.08. The normalized spacial score (nSPS) is 16.4. The summed E-state index contributed by atoms with van der Waals surface area (Å²) >= 11 is 0. The van der Waals surface area contributed by atoms with Crippen LogP contribution in [0, 0.1) is 6.92 Å². The first-order valence-electron chi connectivity index (χ1n) is 7.53. The van der Waals surface area contributed by atoms with Crippen LogP contribution in [0.4, 0.5) is 11.9 Å². The Kier molecular flexibility index (Phi) is 3.12. The monoisotopic (exact) mass is 303 g/mol. The Morgan fingerprint density at radius 1 is 1.04 bits per heavy atom. The molecule has 114 valence electrons. The lowest BCUT2D eigenvalue weighted by Gasteiger charge is -2.24. The van der Waals surface area contributed by atoms with Crippen molar-refractivity contribution in [3.63, 3.8) is 0 Å². The highest BCUT2D eigenvalue weighted by Crippen LogP contribution is 2.32. The Labute approximate surface area is 134 Å². The largest absolute Gasteiger partial charge is 0.366 e. The lowest BCUT2D eigenvalue weighted by Crippen LogP contribution is -2.20. The molecule has 3 aromatic rings.